The Morgan fingerprint density at radius 2 is 2.00 bits per heavy atom. The smallest absolute Gasteiger partial charge is 0.175 e. The molecule has 0 atom stereocenters. The number of sulfone groups is 1. The van der Waals surface area contributed by atoms with E-state index < -0.39 is 9.84 Å². The van der Waals surface area contributed by atoms with Crippen molar-refractivity contribution in [1.82, 2.24) is 0 Å². The number of benzene rings is 1. The Morgan fingerprint density at radius 1 is 1.24 bits per heavy atom. The minimum atomic E-state index is -3.28. The van der Waals surface area contributed by atoms with Gasteiger partial charge in [-0.2, -0.15) is 0 Å². The lowest BCUT2D eigenvalue weighted by molar-refractivity contribution is -0.112. The standard InChI is InChI=1S/C16H15NO3S/c1-10-5-12(17-9-10)7-15-14-8-13(21(2,19)20)4-3-11(14)6-16(15)18/h3-4,7-9H,5-6H2,1-2H3/b15-7-. The van der Waals surface area contributed by atoms with Gasteiger partial charge in [0.05, 0.1) is 4.90 Å². The minimum absolute atomic E-state index is 0.0166. The van der Waals surface area contributed by atoms with Crippen molar-refractivity contribution in [3.05, 3.63) is 47.2 Å². The van der Waals surface area contributed by atoms with Gasteiger partial charge in [0, 0.05) is 36.6 Å². The summed E-state index contributed by atoms with van der Waals surface area (Å²) in [5, 5.41) is 0. The van der Waals surface area contributed by atoms with Crippen molar-refractivity contribution in [1.29, 1.82) is 0 Å². The van der Waals surface area contributed by atoms with Crippen LogP contribution in [0.3, 0.4) is 0 Å². The van der Waals surface area contributed by atoms with E-state index in [0.29, 0.717) is 12.0 Å². The second kappa shape index (κ2) is 4.77. The highest BCUT2D eigenvalue weighted by atomic mass is 32.2. The molecule has 1 aliphatic carbocycles. The highest BCUT2D eigenvalue weighted by molar-refractivity contribution is 7.90. The van der Waals surface area contributed by atoms with Crippen LogP contribution in [0.2, 0.25) is 0 Å². The number of aliphatic imine (C=N–C) groups is 1. The molecule has 108 valence electrons. The molecule has 0 aromatic heterocycles. The van der Waals surface area contributed by atoms with Crippen molar-refractivity contribution in [2.45, 2.75) is 24.7 Å². The largest absolute Gasteiger partial charge is 0.294 e. The van der Waals surface area contributed by atoms with Crippen LogP contribution < -0.4 is 0 Å². The van der Waals surface area contributed by atoms with E-state index in [9.17, 15) is 13.2 Å². The van der Waals surface area contributed by atoms with Crippen molar-refractivity contribution in [3.8, 4) is 0 Å². The first-order valence-electron chi connectivity index (χ1n) is 6.65. The fourth-order valence-electron chi connectivity index (χ4n) is 2.59. The number of carbonyl (C=O) groups is 1. The molecule has 0 bridgehead atoms. The maximum absolute atomic E-state index is 12.2. The number of ketones is 1. The molecule has 1 aromatic carbocycles. The van der Waals surface area contributed by atoms with Crippen molar-refractivity contribution in [2.24, 2.45) is 4.99 Å². The molecule has 0 saturated heterocycles. The number of hydrogen-bond acceptors (Lipinski definition) is 4. The lowest BCUT2D eigenvalue weighted by Gasteiger charge is -2.04. The van der Waals surface area contributed by atoms with Crippen LogP contribution in [0, 0.1) is 0 Å². The quantitative estimate of drug-likeness (QED) is 0.788. The molecule has 0 spiro atoms. The van der Waals surface area contributed by atoms with Gasteiger partial charge in [-0.05, 0) is 41.8 Å². The zero-order valence-electron chi connectivity index (χ0n) is 11.9. The van der Waals surface area contributed by atoms with Gasteiger partial charge in [0.15, 0.2) is 15.6 Å². The zero-order chi connectivity index (χ0) is 15.2. The normalized spacial score (nSPS) is 19.7. The molecule has 0 N–H and O–H groups in total. The van der Waals surface area contributed by atoms with Gasteiger partial charge in [-0.15, -0.1) is 0 Å². The summed E-state index contributed by atoms with van der Waals surface area (Å²) in [4.78, 5) is 16.7. The lowest BCUT2D eigenvalue weighted by atomic mass is 10.0. The van der Waals surface area contributed by atoms with Gasteiger partial charge in [0.25, 0.3) is 0 Å². The van der Waals surface area contributed by atoms with E-state index in [1.54, 1.807) is 30.5 Å². The van der Waals surface area contributed by atoms with E-state index in [2.05, 4.69) is 4.99 Å². The molecule has 0 unspecified atom stereocenters. The molecule has 0 radical (unpaired) electrons. The van der Waals surface area contributed by atoms with Crippen molar-refractivity contribution in [2.75, 3.05) is 6.26 Å². The van der Waals surface area contributed by atoms with Crippen LogP contribution in [0.1, 0.15) is 24.5 Å². The van der Waals surface area contributed by atoms with Gasteiger partial charge in [0.1, 0.15) is 0 Å². The molecular weight excluding hydrogens is 286 g/mol. The van der Waals surface area contributed by atoms with Gasteiger partial charge >= 0.3 is 0 Å². The van der Waals surface area contributed by atoms with Crippen LogP contribution in [-0.4, -0.2) is 26.2 Å². The predicted molar refractivity (Wildman–Crippen MR) is 82.0 cm³/mol. The Morgan fingerprint density at radius 3 is 2.62 bits per heavy atom. The summed E-state index contributed by atoms with van der Waals surface area (Å²) < 4.78 is 23.3. The van der Waals surface area contributed by atoms with E-state index in [1.807, 2.05) is 6.92 Å². The van der Waals surface area contributed by atoms with Crippen molar-refractivity contribution < 1.29 is 13.2 Å². The van der Waals surface area contributed by atoms with Gasteiger partial charge in [-0.3, -0.25) is 9.79 Å². The monoisotopic (exact) mass is 301 g/mol. The SMILES string of the molecule is CC1=CN=C(/C=C2\C(=O)Cc3ccc(S(C)(=O)=O)cc32)C1. The number of carbonyl (C=O) groups excluding carboxylic acids is 1. The third-order valence-electron chi connectivity index (χ3n) is 3.67. The second-order valence-electron chi connectivity index (χ2n) is 5.52. The molecule has 0 amide bonds. The van der Waals surface area contributed by atoms with Crippen LogP contribution in [0.25, 0.3) is 5.57 Å². The van der Waals surface area contributed by atoms with Crippen LogP contribution in [0.5, 0.6) is 0 Å². The molecule has 5 heteroatoms. The number of rotatable bonds is 2. The fraction of sp³-hybridized carbons (Fsp3) is 0.250. The molecule has 2 aliphatic rings. The van der Waals surface area contributed by atoms with Crippen LogP contribution >= 0.6 is 0 Å². The summed E-state index contributed by atoms with van der Waals surface area (Å²) >= 11 is 0. The molecule has 4 nitrogen and oxygen atoms in total. The molecule has 21 heavy (non-hydrogen) atoms. The summed E-state index contributed by atoms with van der Waals surface area (Å²) in [6, 6.07) is 4.88. The molecule has 0 fully saturated rings. The fourth-order valence-corrected chi connectivity index (χ4v) is 3.24. The molecule has 1 aliphatic heterocycles. The van der Waals surface area contributed by atoms with E-state index >= 15 is 0 Å². The van der Waals surface area contributed by atoms with Crippen LogP contribution in [0.15, 0.2) is 45.9 Å². The summed E-state index contributed by atoms with van der Waals surface area (Å²) in [7, 11) is -3.28. The number of allylic oxidation sites excluding steroid dienone is 3. The first kappa shape index (κ1) is 13.9. The summed E-state index contributed by atoms with van der Waals surface area (Å²) in [5.74, 6) is 0.0166. The topological polar surface area (TPSA) is 63.6 Å². The van der Waals surface area contributed by atoms with E-state index in [-0.39, 0.29) is 10.7 Å². The van der Waals surface area contributed by atoms with Gasteiger partial charge in [-0.1, -0.05) is 6.07 Å². The Kier molecular flexibility index (Phi) is 3.17. The Labute approximate surface area is 123 Å². The lowest BCUT2D eigenvalue weighted by Crippen LogP contribution is -2.00. The van der Waals surface area contributed by atoms with Crippen molar-refractivity contribution in [3.63, 3.8) is 0 Å². The first-order chi connectivity index (χ1) is 9.84. The number of hydrogen-bond donors (Lipinski definition) is 0. The van der Waals surface area contributed by atoms with Gasteiger partial charge < -0.3 is 0 Å². The van der Waals surface area contributed by atoms with E-state index in [1.165, 1.54) is 6.26 Å². The third-order valence-corrected chi connectivity index (χ3v) is 4.78. The molecular formula is C16H15NO3S. The summed E-state index contributed by atoms with van der Waals surface area (Å²) in [5.41, 5.74) is 4.15. The zero-order valence-corrected chi connectivity index (χ0v) is 12.7. The van der Waals surface area contributed by atoms with E-state index in [0.717, 1.165) is 28.8 Å². The summed E-state index contributed by atoms with van der Waals surface area (Å²) in [6.07, 6.45) is 5.80. The maximum Gasteiger partial charge on any atom is 0.175 e. The first-order valence-corrected chi connectivity index (χ1v) is 8.54. The summed E-state index contributed by atoms with van der Waals surface area (Å²) in [6.45, 7) is 1.99. The number of Topliss-reactive ketones (excluding diaryl/α,β-unsaturated/α-hetero) is 1. The molecule has 1 heterocycles. The van der Waals surface area contributed by atoms with Crippen molar-refractivity contribution >= 4 is 26.9 Å². The Hall–Kier alpha value is -2.01. The Balaban J connectivity index is 2.07. The highest BCUT2D eigenvalue weighted by Crippen LogP contribution is 2.32. The van der Waals surface area contributed by atoms with Crippen LogP contribution in [-0.2, 0) is 21.1 Å². The number of nitrogens with zero attached hydrogens (tertiary/aromatic N) is 1. The average molecular weight is 301 g/mol. The van der Waals surface area contributed by atoms with E-state index in [4.69, 9.17) is 0 Å². The molecule has 3 rings (SSSR count). The molecule has 0 saturated carbocycles. The third kappa shape index (κ3) is 2.61. The number of fused-ring (bicyclic) bond motifs is 1. The maximum atomic E-state index is 12.2. The van der Waals surface area contributed by atoms with Crippen LogP contribution in [0.4, 0.5) is 0 Å². The Bertz CT molecular complexity index is 842. The highest BCUT2D eigenvalue weighted by Gasteiger charge is 2.26. The predicted octanol–water partition coefficient (Wildman–Crippen LogP) is 2.35. The van der Waals surface area contributed by atoms with Gasteiger partial charge in [-0.25, -0.2) is 8.42 Å². The average Bonchev–Trinajstić information content (AvgIpc) is 2.93. The minimum Gasteiger partial charge on any atom is -0.294 e. The van der Waals surface area contributed by atoms with Gasteiger partial charge in [0.2, 0.25) is 0 Å². The molecule has 1 aromatic rings. The second-order valence-corrected chi connectivity index (χ2v) is 7.54.